The highest BCUT2D eigenvalue weighted by atomic mass is 16.8. The molecule has 0 bridgehead atoms. The SMILES string of the molecule is CCCCCCCCCCCCCCC[C@@H](OC)[C@@H](CCCCCCCCCCCCCC)C(=O)OC[C@H]1O[C@H](O[C@H]2O[C@H](COC(=O)[C@H](CCCCCCCCCCCCCC)[C@@H](CCCCCCCCCCCCCCC)OC)[C@@H](OCc3ccccc3)[C@H](OCc3ccccc3)[C@H]2OCc2ccccc2)[C@H](OCc2ccccc2)[C@@H](OCc2ccccc2)[C@@H]1OCc1ccccc1. The molecule has 15 heteroatoms. The first kappa shape index (κ1) is 114. The quantitative estimate of drug-likeness (QED) is 0.0263. The zero-order valence-corrected chi connectivity index (χ0v) is 85.4. The Labute approximate surface area is 820 Å². The molecule has 0 aliphatic carbocycles. The van der Waals surface area contributed by atoms with Crippen LogP contribution in [-0.4, -0.2) is 113 Å². The first-order valence-corrected chi connectivity index (χ1v) is 55.0. The van der Waals surface area contributed by atoms with Crippen LogP contribution in [0.2, 0.25) is 0 Å². The zero-order chi connectivity index (χ0) is 94.9. The number of rotatable bonds is 84. The molecule has 0 N–H and O–H groups in total. The number of ether oxygens (including phenoxy) is 13. The van der Waals surface area contributed by atoms with Gasteiger partial charge in [-0.3, -0.25) is 9.59 Å². The van der Waals surface area contributed by atoms with Crippen molar-refractivity contribution in [1.29, 1.82) is 0 Å². The van der Waals surface area contributed by atoms with Crippen molar-refractivity contribution in [3.63, 3.8) is 0 Å². The summed E-state index contributed by atoms with van der Waals surface area (Å²) in [5.41, 5.74) is 5.54. The van der Waals surface area contributed by atoms with Crippen LogP contribution in [0, 0.1) is 11.8 Å². The Morgan fingerprint density at radius 2 is 0.422 bits per heavy atom. The van der Waals surface area contributed by atoms with Crippen LogP contribution < -0.4 is 0 Å². The highest BCUT2D eigenvalue weighted by Gasteiger charge is 2.55. The monoisotopic (exact) mass is 1870 g/mol. The van der Waals surface area contributed by atoms with Gasteiger partial charge in [-0.15, -0.1) is 0 Å². The van der Waals surface area contributed by atoms with Crippen LogP contribution in [0.25, 0.3) is 0 Å². The first-order chi connectivity index (χ1) is 66.7. The molecule has 8 rings (SSSR count). The van der Waals surface area contributed by atoms with Gasteiger partial charge in [0.05, 0.1) is 63.7 Å². The smallest absolute Gasteiger partial charge is 0.311 e. The third kappa shape index (κ3) is 48.7. The molecule has 0 aromatic heterocycles. The van der Waals surface area contributed by atoms with Crippen molar-refractivity contribution in [3.05, 3.63) is 215 Å². The van der Waals surface area contributed by atoms with Crippen molar-refractivity contribution >= 4 is 11.9 Å². The van der Waals surface area contributed by atoms with Gasteiger partial charge in [0.2, 0.25) is 0 Å². The molecule has 2 aliphatic rings. The van der Waals surface area contributed by atoms with Crippen molar-refractivity contribution in [2.24, 2.45) is 11.8 Å². The lowest BCUT2D eigenvalue weighted by atomic mass is 9.91. The van der Waals surface area contributed by atoms with Gasteiger partial charge in [-0.05, 0) is 59.1 Å². The molecule has 2 aliphatic heterocycles. The van der Waals surface area contributed by atoms with E-state index >= 15 is 9.59 Å². The molecular weight excluding hydrogens is 1680 g/mol. The number of hydrogen-bond acceptors (Lipinski definition) is 15. The molecule has 756 valence electrons. The Bertz CT molecular complexity index is 3470. The van der Waals surface area contributed by atoms with E-state index in [1.54, 1.807) is 14.2 Å². The Morgan fingerprint density at radius 1 is 0.237 bits per heavy atom. The number of carbonyl (C=O) groups excluding carboxylic acids is 2. The maximum absolute atomic E-state index is 15.8. The van der Waals surface area contributed by atoms with Crippen LogP contribution in [0.1, 0.15) is 408 Å². The van der Waals surface area contributed by atoms with E-state index in [-0.39, 0.29) is 77.0 Å². The summed E-state index contributed by atoms with van der Waals surface area (Å²) in [5, 5.41) is 0. The summed E-state index contributed by atoms with van der Waals surface area (Å²) in [6.07, 6.45) is 53.2. The van der Waals surface area contributed by atoms with E-state index in [1.165, 1.54) is 244 Å². The fourth-order valence-corrected chi connectivity index (χ4v) is 19.7. The highest BCUT2D eigenvalue weighted by Crippen LogP contribution is 2.39. The molecular formula is C120H186O15. The van der Waals surface area contributed by atoms with Crippen LogP contribution in [0.3, 0.4) is 0 Å². The third-order valence-corrected chi connectivity index (χ3v) is 28.0. The van der Waals surface area contributed by atoms with E-state index in [1.807, 2.05) is 182 Å². The second-order valence-corrected chi connectivity index (χ2v) is 39.2. The average Bonchev–Trinajstić information content (AvgIpc) is 0.766. The zero-order valence-electron chi connectivity index (χ0n) is 85.4. The van der Waals surface area contributed by atoms with Gasteiger partial charge in [-0.1, -0.05) is 531 Å². The van der Waals surface area contributed by atoms with Crippen LogP contribution in [0.4, 0.5) is 0 Å². The minimum Gasteiger partial charge on any atom is -0.463 e. The van der Waals surface area contributed by atoms with Crippen molar-refractivity contribution in [2.75, 3.05) is 27.4 Å². The predicted molar refractivity (Wildman–Crippen MR) is 551 cm³/mol. The Hall–Kier alpha value is -6.18. The van der Waals surface area contributed by atoms with Crippen LogP contribution in [-0.2, 0) is 111 Å². The molecule has 6 aromatic rings. The summed E-state index contributed by atoms with van der Waals surface area (Å²) >= 11 is 0. The summed E-state index contributed by atoms with van der Waals surface area (Å²) < 4.78 is 94.1. The summed E-state index contributed by atoms with van der Waals surface area (Å²) in [6.45, 7) is 9.60. The van der Waals surface area contributed by atoms with Gasteiger partial charge in [0.1, 0.15) is 62.0 Å². The summed E-state index contributed by atoms with van der Waals surface area (Å²) in [7, 11) is 3.53. The molecule has 0 saturated carbocycles. The van der Waals surface area contributed by atoms with E-state index in [4.69, 9.17) is 61.6 Å². The standard InChI is InChI=1S/C120H186O15/c1-7-11-15-19-23-27-31-35-39-43-47-51-73-89-107(123-5)105(87-71-49-45-41-37-33-29-25-21-17-13-9-3)117(121)131-97-109-111(125-91-99-75-59-53-60-76-99)113(127-93-101-79-63-55-64-80-101)115(129-95-103-83-67-57-68-84-103)119(133-109)135-120-116(130-96-104-85-69-58-70-86-104)114(128-94-102-81-65-56-66-82-102)112(126-92-100-77-61-54-62-78-100)110(134-120)98-132-118(122)106(88-72-50-46-42-38-34-30-26-22-18-14-10-4)108(124-6)90-74-52-48-44-40-36-32-28-24-20-16-12-8-2/h53-70,75-86,105-116,119-120H,7-52,71-74,87-98H2,1-6H3/t105-,106-,107-,108-,109-,110-,111-,112-,113+,114+,115-,116-,119-,120-/m1/s1. The van der Waals surface area contributed by atoms with Crippen molar-refractivity contribution in [3.8, 4) is 0 Å². The van der Waals surface area contributed by atoms with Gasteiger partial charge >= 0.3 is 11.9 Å². The van der Waals surface area contributed by atoms with Gasteiger partial charge in [0.15, 0.2) is 12.6 Å². The minimum absolute atomic E-state index is 0.127. The van der Waals surface area contributed by atoms with Gasteiger partial charge < -0.3 is 61.6 Å². The van der Waals surface area contributed by atoms with E-state index in [0.29, 0.717) is 12.8 Å². The van der Waals surface area contributed by atoms with Crippen molar-refractivity contribution < 1.29 is 71.2 Å². The van der Waals surface area contributed by atoms with E-state index in [9.17, 15) is 0 Å². The van der Waals surface area contributed by atoms with E-state index in [0.717, 1.165) is 123 Å². The molecule has 0 radical (unpaired) electrons. The summed E-state index contributed by atoms with van der Waals surface area (Å²) in [6, 6.07) is 60.6. The van der Waals surface area contributed by atoms with Gasteiger partial charge in [0.25, 0.3) is 0 Å². The lowest BCUT2D eigenvalue weighted by Crippen LogP contribution is -2.66. The van der Waals surface area contributed by atoms with Crippen molar-refractivity contribution in [1.82, 2.24) is 0 Å². The average molecular weight is 1870 g/mol. The second kappa shape index (κ2) is 75.7. The van der Waals surface area contributed by atoms with Crippen LogP contribution in [0.5, 0.6) is 0 Å². The van der Waals surface area contributed by atoms with Gasteiger partial charge in [-0.25, -0.2) is 0 Å². The molecule has 2 saturated heterocycles. The van der Waals surface area contributed by atoms with Crippen LogP contribution >= 0.6 is 0 Å². The molecule has 0 unspecified atom stereocenters. The summed E-state index contributed by atoms with van der Waals surface area (Å²) in [4.78, 5) is 31.6. The molecule has 135 heavy (non-hydrogen) atoms. The predicted octanol–water partition coefficient (Wildman–Crippen LogP) is 31.5. The molecule has 2 heterocycles. The molecule has 2 fully saturated rings. The van der Waals surface area contributed by atoms with Crippen LogP contribution in [0.15, 0.2) is 182 Å². The number of unbranched alkanes of at least 4 members (excludes halogenated alkanes) is 46. The number of esters is 2. The highest BCUT2D eigenvalue weighted by molar-refractivity contribution is 5.73. The Balaban J connectivity index is 1.16. The number of benzene rings is 6. The fraction of sp³-hybridized carbons (Fsp3) is 0.683. The number of methoxy groups -OCH3 is 2. The molecule has 15 nitrogen and oxygen atoms in total. The first-order valence-electron chi connectivity index (χ1n) is 55.0. The van der Waals surface area contributed by atoms with E-state index in [2.05, 4.69) is 27.7 Å². The number of hydrogen-bond donors (Lipinski definition) is 0. The normalized spacial score (nSPS) is 19.4. The van der Waals surface area contributed by atoms with E-state index < -0.39 is 73.2 Å². The lowest BCUT2D eigenvalue weighted by molar-refractivity contribution is -0.394. The van der Waals surface area contributed by atoms with Crippen molar-refractivity contribution in [2.45, 2.75) is 488 Å². The minimum atomic E-state index is -1.35. The fourth-order valence-electron chi connectivity index (χ4n) is 19.7. The van der Waals surface area contributed by atoms with Gasteiger partial charge in [-0.2, -0.15) is 0 Å². The largest absolute Gasteiger partial charge is 0.463 e. The third-order valence-electron chi connectivity index (χ3n) is 28.0. The molecule has 0 amide bonds. The maximum atomic E-state index is 15.8. The van der Waals surface area contributed by atoms with Gasteiger partial charge in [0, 0.05) is 14.2 Å². The molecule has 6 aromatic carbocycles. The Morgan fingerprint density at radius 3 is 0.630 bits per heavy atom. The lowest BCUT2D eigenvalue weighted by Gasteiger charge is -2.49. The number of carbonyl (C=O) groups is 2. The molecule has 0 spiro atoms. The maximum Gasteiger partial charge on any atom is 0.311 e. The summed E-state index contributed by atoms with van der Waals surface area (Å²) in [5.74, 6) is -1.74. The topological polar surface area (TPSA) is 154 Å². The Kier molecular flexibility index (Phi) is 64.0. The molecule has 14 atom stereocenters. The second-order valence-electron chi connectivity index (χ2n) is 39.2.